The van der Waals surface area contributed by atoms with Crippen molar-refractivity contribution in [2.75, 3.05) is 9.80 Å². The third kappa shape index (κ3) is 6.32. The first-order chi connectivity index (χ1) is 27.8. The Labute approximate surface area is 366 Å². The van der Waals surface area contributed by atoms with E-state index in [2.05, 4.69) is 212 Å². The van der Waals surface area contributed by atoms with Crippen molar-refractivity contribution in [2.24, 2.45) is 0 Å². The molecule has 4 heteroatoms. The molecule has 3 heterocycles. The number of hydrogen-bond donors (Lipinski definition) is 0. The van der Waals surface area contributed by atoms with Gasteiger partial charge in [-0.25, -0.2) is 0 Å². The number of anilines is 6. The minimum atomic E-state index is -0.0821. The highest BCUT2D eigenvalue weighted by molar-refractivity contribution is 7.33. The van der Waals surface area contributed by atoms with Crippen LogP contribution >= 0.6 is 11.3 Å². The minimum Gasteiger partial charge on any atom is -0.311 e. The van der Waals surface area contributed by atoms with E-state index < -0.39 is 0 Å². The Bertz CT molecular complexity index is 2700. The molecule has 0 fully saturated rings. The molecule has 0 bridgehead atoms. The fraction of sp³-hybridized carbons (Fsp3) is 0.429. The zero-order chi connectivity index (χ0) is 43.3. The van der Waals surface area contributed by atoms with E-state index in [4.69, 9.17) is 0 Å². The Hall–Kier alpha value is -4.28. The van der Waals surface area contributed by atoms with E-state index in [9.17, 15) is 0 Å². The van der Waals surface area contributed by atoms with Crippen molar-refractivity contribution < 1.29 is 0 Å². The molecule has 3 aliphatic rings. The molecule has 1 aliphatic carbocycles. The van der Waals surface area contributed by atoms with Crippen LogP contribution in [0.25, 0.3) is 10.1 Å². The van der Waals surface area contributed by atoms with Gasteiger partial charge in [-0.2, -0.15) is 0 Å². The Balaban J connectivity index is 1.42. The number of hydrogen-bond acceptors (Lipinski definition) is 3. The molecule has 9 rings (SSSR count). The molecular formula is C56H67BN2S. The monoisotopic (exact) mass is 811 g/mol. The lowest BCUT2D eigenvalue weighted by atomic mass is 9.36. The van der Waals surface area contributed by atoms with Gasteiger partial charge in [0.15, 0.2) is 0 Å². The van der Waals surface area contributed by atoms with Gasteiger partial charge in [-0.1, -0.05) is 147 Å². The fourth-order valence-corrected chi connectivity index (χ4v) is 12.1. The highest BCUT2D eigenvalue weighted by Gasteiger charge is 2.47. The van der Waals surface area contributed by atoms with E-state index >= 15 is 0 Å². The van der Waals surface area contributed by atoms with Gasteiger partial charge in [-0.3, -0.25) is 0 Å². The summed E-state index contributed by atoms with van der Waals surface area (Å²) < 4.78 is 2.80. The molecule has 6 aromatic rings. The molecule has 1 aromatic heterocycles. The number of nitrogens with zero attached hydrogens (tertiary/aromatic N) is 2. The molecular weight excluding hydrogens is 744 g/mol. The van der Waals surface area contributed by atoms with E-state index in [1.165, 1.54) is 93.3 Å². The molecule has 0 atom stereocenters. The SMILES string of the molecule is CCC(C)(C)c1ccc2sc3c(c2c1)N(c1ccc(C(C)(C)C)cc1)c1cc(C(C)(C)C)cc2c1B3c1ccc(C(C)(C)C)cc1N2c1ccc2c(c1)C(C)(C)CC2(C)C. The van der Waals surface area contributed by atoms with Gasteiger partial charge < -0.3 is 9.80 Å². The summed E-state index contributed by atoms with van der Waals surface area (Å²) in [6, 6.07) is 36.9. The zero-order valence-electron chi connectivity index (χ0n) is 39.5. The predicted octanol–water partition coefficient (Wildman–Crippen LogP) is 14.5. The molecule has 0 amide bonds. The van der Waals surface area contributed by atoms with E-state index in [-0.39, 0.29) is 39.2 Å². The van der Waals surface area contributed by atoms with Crippen LogP contribution in [0.5, 0.6) is 0 Å². The molecule has 60 heavy (non-hydrogen) atoms. The largest absolute Gasteiger partial charge is 0.311 e. The smallest absolute Gasteiger partial charge is 0.264 e. The van der Waals surface area contributed by atoms with Gasteiger partial charge in [0.1, 0.15) is 0 Å². The maximum Gasteiger partial charge on any atom is 0.264 e. The van der Waals surface area contributed by atoms with Crippen molar-refractivity contribution in [3.05, 3.63) is 124 Å². The molecule has 310 valence electrons. The lowest BCUT2D eigenvalue weighted by Crippen LogP contribution is -2.60. The summed E-state index contributed by atoms with van der Waals surface area (Å²) in [4.78, 5) is 5.33. The summed E-state index contributed by atoms with van der Waals surface area (Å²) in [5, 5.41) is 1.36. The van der Waals surface area contributed by atoms with Gasteiger partial charge in [0.05, 0.1) is 5.69 Å². The van der Waals surface area contributed by atoms with Crippen LogP contribution in [0.3, 0.4) is 0 Å². The second kappa shape index (κ2) is 13.1. The molecule has 0 unspecified atom stereocenters. The second-order valence-corrected chi connectivity index (χ2v) is 24.6. The number of fused-ring (bicyclic) bond motifs is 7. The summed E-state index contributed by atoms with van der Waals surface area (Å²) in [6.45, 7) is 38.1. The number of thiophene rings is 1. The van der Waals surface area contributed by atoms with Gasteiger partial charge in [-0.05, 0) is 144 Å². The summed E-state index contributed by atoms with van der Waals surface area (Å²) in [5.74, 6) is 0. The third-order valence-corrected chi connectivity index (χ3v) is 15.9. The van der Waals surface area contributed by atoms with Crippen molar-refractivity contribution >= 4 is 78.0 Å². The van der Waals surface area contributed by atoms with Crippen molar-refractivity contribution in [1.29, 1.82) is 0 Å². The molecule has 2 nitrogen and oxygen atoms in total. The molecule has 5 aromatic carbocycles. The topological polar surface area (TPSA) is 6.48 Å². The molecule has 0 saturated heterocycles. The fourth-order valence-electron chi connectivity index (χ4n) is 10.8. The molecule has 2 aliphatic heterocycles. The van der Waals surface area contributed by atoms with Crippen molar-refractivity contribution in [3.63, 3.8) is 0 Å². The third-order valence-electron chi connectivity index (χ3n) is 14.7. The van der Waals surface area contributed by atoms with E-state index in [0.717, 1.165) is 12.8 Å². The standard InChI is InChI=1S/C56H67BN2S/c1-17-54(11,12)36-21-27-47-40(28-36)49-50(60-47)57-43-26-20-35(52(5,6)7)29-44(43)58(39-24-25-41-42(32-39)56(15,16)33-55(41,13)14)45-30-37(53(8,9)10)31-46(48(45)57)59(49)38-22-18-34(19-23-38)51(2,3)4/h18-32H,17,33H2,1-16H3. The Morgan fingerprint density at radius 3 is 1.72 bits per heavy atom. The first-order valence-electron chi connectivity index (χ1n) is 22.6. The van der Waals surface area contributed by atoms with E-state index in [1.807, 2.05) is 11.3 Å². The zero-order valence-corrected chi connectivity index (χ0v) is 40.3. The van der Waals surface area contributed by atoms with Crippen LogP contribution in [0.2, 0.25) is 0 Å². The average molecular weight is 811 g/mol. The summed E-state index contributed by atoms with van der Waals surface area (Å²) in [7, 11) is 0. The van der Waals surface area contributed by atoms with E-state index in [1.54, 1.807) is 0 Å². The summed E-state index contributed by atoms with van der Waals surface area (Å²) >= 11 is 2.01. The van der Waals surface area contributed by atoms with Crippen LogP contribution in [0.15, 0.2) is 91.0 Å². The molecule has 0 spiro atoms. The Morgan fingerprint density at radius 2 is 1.10 bits per heavy atom. The molecule has 0 N–H and O–H groups in total. The van der Waals surface area contributed by atoms with Crippen LogP contribution in [0, 0.1) is 0 Å². The van der Waals surface area contributed by atoms with Crippen LogP contribution in [-0.2, 0) is 32.5 Å². The Kier molecular flexibility index (Phi) is 8.99. The van der Waals surface area contributed by atoms with E-state index in [0.29, 0.717) is 0 Å². The van der Waals surface area contributed by atoms with Gasteiger partial charge in [0, 0.05) is 43.3 Å². The Morgan fingerprint density at radius 1 is 0.550 bits per heavy atom. The highest BCUT2D eigenvalue weighted by Crippen LogP contribution is 2.54. The number of rotatable bonds is 4. The summed E-state index contributed by atoms with van der Waals surface area (Å²) in [5.41, 5.74) is 19.3. The van der Waals surface area contributed by atoms with Gasteiger partial charge in [0.2, 0.25) is 0 Å². The lowest BCUT2D eigenvalue weighted by molar-refractivity contribution is 0.403. The summed E-state index contributed by atoms with van der Waals surface area (Å²) in [6.07, 6.45) is 2.23. The normalized spacial score (nSPS) is 16.8. The first-order valence-corrected chi connectivity index (χ1v) is 23.4. The van der Waals surface area contributed by atoms with Gasteiger partial charge >= 0.3 is 0 Å². The lowest BCUT2D eigenvalue weighted by Gasteiger charge is -2.44. The first kappa shape index (κ1) is 41.1. The quantitative estimate of drug-likeness (QED) is 0.163. The van der Waals surface area contributed by atoms with Crippen molar-refractivity contribution in [1.82, 2.24) is 0 Å². The van der Waals surface area contributed by atoms with Crippen LogP contribution in [0.1, 0.15) is 157 Å². The maximum atomic E-state index is 2.66. The predicted molar refractivity (Wildman–Crippen MR) is 266 cm³/mol. The van der Waals surface area contributed by atoms with Crippen LogP contribution in [0.4, 0.5) is 34.1 Å². The van der Waals surface area contributed by atoms with Crippen molar-refractivity contribution in [2.45, 2.75) is 156 Å². The highest BCUT2D eigenvalue weighted by atomic mass is 32.1. The van der Waals surface area contributed by atoms with Crippen LogP contribution in [-0.4, -0.2) is 6.71 Å². The molecule has 0 radical (unpaired) electrons. The average Bonchev–Trinajstić information content (AvgIpc) is 3.62. The van der Waals surface area contributed by atoms with Crippen LogP contribution < -0.4 is 25.5 Å². The maximum absolute atomic E-state index is 2.66. The van der Waals surface area contributed by atoms with Gasteiger partial charge in [-0.15, -0.1) is 11.3 Å². The minimum absolute atomic E-state index is 0.00280. The molecule has 0 saturated carbocycles. The number of benzene rings is 5. The second-order valence-electron chi connectivity index (χ2n) is 23.5. The van der Waals surface area contributed by atoms with Crippen molar-refractivity contribution in [3.8, 4) is 0 Å². The van der Waals surface area contributed by atoms with Gasteiger partial charge in [0.25, 0.3) is 6.71 Å².